The number of benzene rings is 2. The Labute approximate surface area is 163 Å². The van der Waals surface area contributed by atoms with E-state index in [1.54, 1.807) is 13.2 Å². The highest BCUT2D eigenvalue weighted by Crippen LogP contribution is 2.24. The highest BCUT2D eigenvalue weighted by Gasteiger charge is 2.06. The number of aromatic nitrogens is 1. The fourth-order valence-corrected chi connectivity index (χ4v) is 3.04. The first-order valence-corrected chi connectivity index (χ1v) is 9.45. The topological polar surface area (TPSA) is 63.4 Å². The number of ether oxygens (including phenoxy) is 2. The summed E-state index contributed by atoms with van der Waals surface area (Å²) in [5.74, 6) is 0.843. The van der Waals surface area contributed by atoms with Crippen LogP contribution in [0, 0.1) is 5.82 Å². The van der Waals surface area contributed by atoms with Crippen LogP contribution < -0.4 is 20.3 Å². The maximum absolute atomic E-state index is 13.7. The van der Waals surface area contributed by atoms with Gasteiger partial charge in [0.25, 0.3) is 0 Å². The Hall–Kier alpha value is -2.86. The number of methoxy groups -OCH3 is 1. The third-order valence-electron chi connectivity index (χ3n) is 4.52. The Bertz CT molecular complexity index is 954. The molecule has 6 heteroatoms. The van der Waals surface area contributed by atoms with Crippen molar-refractivity contribution >= 4 is 10.9 Å². The molecule has 0 spiro atoms. The molecule has 1 aromatic heterocycles. The number of pyridine rings is 1. The predicted octanol–water partition coefficient (Wildman–Crippen LogP) is 3.67. The number of fused-ring (bicyclic) bond motifs is 1. The van der Waals surface area contributed by atoms with E-state index < -0.39 is 0 Å². The fraction of sp³-hybridized carbons (Fsp3) is 0.318. The molecule has 2 N–H and O–H groups in total. The Morgan fingerprint density at radius 1 is 1.04 bits per heavy atom. The Morgan fingerprint density at radius 2 is 1.86 bits per heavy atom. The summed E-state index contributed by atoms with van der Waals surface area (Å²) in [4.78, 5) is 14.2. The van der Waals surface area contributed by atoms with Crippen molar-refractivity contribution in [3.05, 3.63) is 70.3 Å². The number of halogens is 1. The molecular formula is C22H25FN2O3. The molecule has 0 aliphatic heterocycles. The van der Waals surface area contributed by atoms with Gasteiger partial charge < -0.3 is 19.8 Å². The minimum absolute atomic E-state index is 0.237. The highest BCUT2D eigenvalue weighted by atomic mass is 19.1. The first kappa shape index (κ1) is 19.9. The molecule has 1 heterocycles. The second kappa shape index (κ2) is 9.90. The monoisotopic (exact) mass is 384 g/mol. The predicted molar refractivity (Wildman–Crippen MR) is 109 cm³/mol. The first-order chi connectivity index (χ1) is 13.7. The number of nitrogens with one attached hydrogen (secondary N) is 2. The van der Waals surface area contributed by atoms with Gasteiger partial charge in [-0.1, -0.05) is 12.1 Å². The molecule has 148 valence electrons. The summed E-state index contributed by atoms with van der Waals surface area (Å²) < 4.78 is 24.5. The highest BCUT2D eigenvalue weighted by molar-refractivity contribution is 5.84. The van der Waals surface area contributed by atoms with E-state index in [0.29, 0.717) is 29.8 Å². The fourth-order valence-electron chi connectivity index (χ4n) is 3.04. The van der Waals surface area contributed by atoms with Crippen LogP contribution in [0.1, 0.15) is 18.4 Å². The zero-order valence-corrected chi connectivity index (χ0v) is 16.0. The number of hydrogen-bond donors (Lipinski definition) is 2. The van der Waals surface area contributed by atoms with Gasteiger partial charge in [-0.25, -0.2) is 4.39 Å². The summed E-state index contributed by atoms with van der Waals surface area (Å²) in [7, 11) is 1.67. The van der Waals surface area contributed by atoms with Crippen LogP contribution in [0.4, 0.5) is 4.39 Å². The van der Waals surface area contributed by atoms with E-state index >= 15 is 0 Å². The van der Waals surface area contributed by atoms with E-state index in [9.17, 15) is 9.18 Å². The quantitative estimate of drug-likeness (QED) is 0.524. The van der Waals surface area contributed by atoms with Gasteiger partial charge >= 0.3 is 0 Å². The summed E-state index contributed by atoms with van der Waals surface area (Å²) in [5, 5.41) is 3.94. The molecule has 5 nitrogen and oxygen atoms in total. The molecule has 0 fully saturated rings. The van der Waals surface area contributed by atoms with Crippen molar-refractivity contribution in [3.8, 4) is 11.5 Å². The van der Waals surface area contributed by atoms with Crippen LogP contribution in [0.2, 0.25) is 0 Å². The van der Waals surface area contributed by atoms with Gasteiger partial charge in [0, 0.05) is 24.1 Å². The number of rotatable bonds is 10. The molecular weight excluding hydrogens is 359 g/mol. The maximum atomic E-state index is 13.7. The van der Waals surface area contributed by atoms with Crippen LogP contribution in [0.5, 0.6) is 11.5 Å². The van der Waals surface area contributed by atoms with Gasteiger partial charge in [0.1, 0.15) is 23.9 Å². The number of aromatic amines is 1. The lowest BCUT2D eigenvalue weighted by molar-refractivity contribution is 0.315. The minimum atomic E-state index is -0.388. The van der Waals surface area contributed by atoms with Crippen molar-refractivity contribution in [2.75, 3.05) is 26.8 Å². The van der Waals surface area contributed by atoms with Crippen molar-refractivity contribution in [2.45, 2.75) is 19.3 Å². The Kier molecular flexibility index (Phi) is 7.03. The number of H-pyrrole nitrogens is 1. The van der Waals surface area contributed by atoms with E-state index in [-0.39, 0.29) is 11.4 Å². The number of aryl methyl sites for hydroxylation is 1. The Balaban J connectivity index is 1.36. The van der Waals surface area contributed by atoms with Crippen LogP contribution in [-0.2, 0) is 6.42 Å². The molecule has 0 saturated carbocycles. The van der Waals surface area contributed by atoms with Gasteiger partial charge in [-0.05, 0) is 55.6 Å². The van der Waals surface area contributed by atoms with Gasteiger partial charge in [-0.15, -0.1) is 0 Å². The first-order valence-electron chi connectivity index (χ1n) is 9.45. The van der Waals surface area contributed by atoms with Crippen molar-refractivity contribution in [1.82, 2.24) is 10.3 Å². The van der Waals surface area contributed by atoms with Crippen molar-refractivity contribution < 1.29 is 13.9 Å². The molecule has 0 aliphatic carbocycles. The summed E-state index contributed by atoms with van der Waals surface area (Å²) in [6.45, 7) is 1.94. The molecule has 0 aliphatic rings. The third kappa shape index (κ3) is 5.57. The molecule has 0 radical (unpaired) electrons. The lowest BCUT2D eigenvalue weighted by Crippen LogP contribution is -2.22. The molecule has 0 unspecified atom stereocenters. The van der Waals surface area contributed by atoms with Gasteiger partial charge in [0.15, 0.2) is 0 Å². The van der Waals surface area contributed by atoms with E-state index in [4.69, 9.17) is 9.47 Å². The van der Waals surface area contributed by atoms with Crippen LogP contribution in [0.15, 0.2) is 53.3 Å². The zero-order valence-electron chi connectivity index (χ0n) is 16.0. The van der Waals surface area contributed by atoms with E-state index in [2.05, 4.69) is 22.4 Å². The van der Waals surface area contributed by atoms with E-state index in [0.717, 1.165) is 31.6 Å². The number of hydrogen-bond acceptors (Lipinski definition) is 4. The van der Waals surface area contributed by atoms with Crippen molar-refractivity contribution in [1.29, 1.82) is 0 Å². The number of unbranched alkanes of at least 4 members (excludes halogenated alkanes) is 1. The minimum Gasteiger partial charge on any atom is -0.497 e. The molecule has 0 amide bonds. The summed E-state index contributed by atoms with van der Waals surface area (Å²) in [6.07, 6.45) is 3.18. The molecule has 28 heavy (non-hydrogen) atoms. The smallest absolute Gasteiger partial charge is 0.248 e. The average Bonchev–Trinajstić information content (AvgIpc) is 2.70. The summed E-state index contributed by atoms with van der Waals surface area (Å²) in [6, 6.07) is 13.8. The van der Waals surface area contributed by atoms with Gasteiger partial charge in [-0.2, -0.15) is 0 Å². The molecule has 3 aromatic rings. The third-order valence-corrected chi connectivity index (χ3v) is 4.52. The van der Waals surface area contributed by atoms with E-state index in [1.165, 1.54) is 23.8 Å². The second-order valence-corrected chi connectivity index (χ2v) is 6.59. The standard InChI is InChI=1S/C22H25FN2O3/c1-27-19-8-5-16(6-9-19)4-2-3-11-24-12-13-28-20-15-18(23)14-17-7-10-21(26)25-22(17)20/h5-10,14-15,24H,2-4,11-13H2,1H3,(H,25,26). The zero-order chi connectivity index (χ0) is 19.8. The SMILES string of the molecule is COc1ccc(CCCCNCCOc2cc(F)cc3ccc(=O)[nH]c23)cc1. The lowest BCUT2D eigenvalue weighted by Gasteiger charge is -2.10. The van der Waals surface area contributed by atoms with Crippen LogP contribution in [0.25, 0.3) is 10.9 Å². The average molecular weight is 384 g/mol. The van der Waals surface area contributed by atoms with Crippen LogP contribution in [0.3, 0.4) is 0 Å². The van der Waals surface area contributed by atoms with Gasteiger partial charge in [-0.3, -0.25) is 4.79 Å². The molecule has 0 atom stereocenters. The lowest BCUT2D eigenvalue weighted by atomic mass is 10.1. The summed E-state index contributed by atoms with van der Waals surface area (Å²) >= 11 is 0. The van der Waals surface area contributed by atoms with Gasteiger partial charge in [0.05, 0.1) is 12.6 Å². The molecule has 2 aromatic carbocycles. The molecule has 0 saturated heterocycles. The van der Waals surface area contributed by atoms with E-state index in [1.807, 2.05) is 12.1 Å². The summed E-state index contributed by atoms with van der Waals surface area (Å²) in [5.41, 5.74) is 1.59. The van der Waals surface area contributed by atoms with Gasteiger partial charge in [0.2, 0.25) is 5.56 Å². The van der Waals surface area contributed by atoms with Crippen LogP contribution >= 0.6 is 0 Å². The Morgan fingerprint density at radius 3 is 2.64 bits per heavy atom. The van der Waals surface area contributed by atoms with Crippen LogP contribution in [-0.4, -0.2) is 31.8 Å². The normalized spacial score (nSPS) is 10.9. The maximum Gasteiger partial charge on any atom is 0.248 e. The van der Waals surface area contributed by atoms with Crippen molar-refractivity contribution in [2.24, 2.45) is 0 Å². The van der Waals surface area contributed by atoms with Crippen molar-refractivity contribution in [3.63, 3.8) is 0 Å². The second-order valence-electron chi connectivity index (χ2n) is 6.59. The largest absolute Gasteiger partial charge is 0.497 e. The molecule has 3 rings (SSSR count). The molecule has 0 bridgehead atoms.